The maximum absolute atomic E-state index is 12.6. The van der Waals surface area contributed by atoms with Crippen LogP contribution in [-0.4, -0.2) is 22.5 Å². The predicted molar refractivity (Wildman–Crippen MR) is 77.7 cm³/mol. The topological polar surface area (TPSA) is 66.4 Å². The zero-order valence-corrected chi connectivity index (χ0v) is 12.6. The third-order valence-corrected chi connectivity index (χ3v) is 7.12. The summed E-state index contributed by atoms with van der Waals surface area (Å²) in [6.45, 7) is 0. The monoisotopic (exact) mass is 291 g/mol. The molecule has 5 aliphatic rings. The van der Waals surface area contributed by atoms with Gasteiger partial charge in [0.15, 0.2) is 0 Å². The lowest BCUT2D eigenvalue weighted by atomic mass is 9.57. The van der Waals surface area contributed by atoms with E-state index in [-0.39, 0.29) is 17.4 Å². The maximum Gasteiger partial charge on any atom is 0.309 e. The molecule has 0 aromatic carbocycles. The molecule has 0 radical (unpaired) electrons. The number of fused-ring (bicyclic) bond motifs is 3. The van der Waals surface area contributed by atoms with Crippen LogP contribution in [0.15, 0.2) is 0 Å². The number of aliphatic carboxylic acids is 1. The van der Waals surface area contributed by atoms with Gasteiger partial charge in [0.2, 0.25) is 5.91 Å². The van der Waals surface area contributed by atoms with Crippen LogP contribution < -0.4 is 5.32 Å². The summed E-state index contributed by atoms with van der Waals surface area (Å²) in [5, 5.41) is 12.8. The summed E-state index contributed by atoms with van der Waals surface area (Å²) < 4.78 is 0. The first-order valence-electron chi connectivity index (χ1n) is 8.52. The molecule has 0 aromatic heterocycles. The van der Waals surface area contributed by atoms with Gasteiger partial charge in [-0.2, -0.15) is 0 Å². The standard InChI is InChI=1S/C17H25NO3/c19-13(12-1-2-15(11-12)3-4-15)18-17-8-5-16(6-9-17,7-10-17)14(20)21/h12H,1-11H2,(H,18,19)(H,20,21). The minimum atomic E-state index is -0.631. The van der Waals surface area contributed by atoms with Crippen LogP contribution in [-0.2, 0) is 9.59 Å². The number of carbonyl (C=O) groups excluding carboxylic acids is 1. The van der Waals surface area contributed by atoms with Crippen LogP contribution in [0.3, 0.4) is 0 Å². The molecule has 4 nitrogen and oxygen atoms in total. The lowest BCUT2D eigenvalue weighted by Crippen LogP contribution is -2.59. The second-order valence-electron chi connectivity index (χ2n) is 8.29. The first-order valence-corrected chi connectivity index (χ1v) is 8.52. The molecule has 5 rings (SSSR count). The Bertz CT molecular complexity index is 470. The summed E-state index contributed by atoms with van der Waals surface area (Å²) in [6, 6.07) is 0. The fraction of sp³-hybridized carbons (Fsp3) is 0.882. The second kappa shape index (κ2) is 4.23. The molecule has 2 bridgehead atoms. The van der Waals surface area contributed by atoms with Crippen molar-refractivity contribution in [2.75, 3.05) is 0 Å². The van der Waals surface area contributed by atoms with Crippen molar-refractivity contribution in [3.8, 4) is 0 Å². The fourth-order valence-electron chi connectivity index (χ4n) is 5.12. The van der Waals surface area contributed by atoms with E-state index in [1.54, 1.807) is 0 Å². The lowest BCUT2D eigenvalue weighted by molar-refractivity contribution is -0.157. The Morgan fingerprint density at radius 3 is 2.00 bits per heavy atom. The van der Waals surface area contributed by atoms with Crippen molar-refractivity contribution in [1.29, 1.82) is 0 Å². The maximum atomic E-state index is 12.6. The molecular formula is C17H25NO3. The summed E-state index contributed by atoms with van der Waals surface area (Å²) in [7, 11) is 0. The molecule has 5 fully saturated rings. The van der Waals surface area contributed by atoms with Crippen LogP contribution >= 0.6 is 0 Å². The molecule has 1 unspecified atom stereocenters. The zero-order valence-electron chi connectivity index (χ0n) is 12.6. The van der Waals surface area contributed by atoms with Crippen molar-refractivity contribution < 1.29 is 14.7 Å². The molecule has 0 saturated heterocycles. The van der Waals surface area contributed by atoms with Gasteiger partial charge >= 0.3 is 5.97 Å². The number of carbonyl (C=O) groups is 2. The van der Waals surface area contributed by atoms with Gasteiger partial charge in [0.1, 0.15) is 0 Å². The van der Waals surface area contributed by atoms with Gasteiger partial charge in [-0.3, -0.25) is 9.59 Å². The summed E-state index contributed by atoms with van der Waals surface area (Å²) in [6.07, 6.45) is 10.8. The Hall–Kier alpha value is -1.06. The molecule has 0 aromatic rings. The van der Waals surface area contributed by atoms with Crippen LogP contribution in [0.25, 0.3) is 0 Å². The molecule has 4 heteroatoms. The minimum Gasteiger partial charge on any atom is -0.481 e. The predicted octanol–water partition coefficient (Wildman–Crippen LogP) is 2.86. The van der Waals surface area contributed by atoms with Gasteiger partial charge in [0.05, 0.1) is 5.41 Å². The second-order valence-corrected chi connectivity index (χ2v) is 8.29. The highest BCUT2D eigenvalue weighted by molar-refractivity contribution is 5.80. The number of carboxylic acid groups (broad SMARTS) is 1. The molecule has 0 heterocycles. The van der Waals surface area contributed by atoms with Crippen LogP contribution in [0, 0.1) is 16.7 Å². The molecule has 2 N–H and O–H groups in total. The van der Waals surface area contributed by atoms with Crippen molar-refractivity contribution in [2.45, 2.75) is 76.2 Å². The van der Waals surface area contributed by atoms with Gasteiger partial charge in [-0.15, -0.1) is 0 Å². The summed E-state index contributed by atoms with van der Waals surface area (Å²) >= 11 is 0. The number of rotatable bonds is 3. The van der Waals surface area contributed by atoms with Crippen molar-refractivity contribution in [3.05, 3.63) is 0 Å². The number of nitrogens with one attached hydrogen (secondary N) is 1. The van der Waals surface area contributed by atoms with Crippen LogP contribution in [0.5, 0.6) is 0 Å². The Morgan fingerprint density at radius 1 is 0.905 bits per heavy atom. The van der Waals surface area contributed by atoms with E-state index in [0.29, 0.717) is 5.41 Å². The van der Waals surface area contributed by atoms with E-state index in [0.717, 1.165) is 51.4 Å². The molecule has 0 aliphatic heterocycles. The van der Waals surface area contributed by atoms with E-state index in [2.05, 4.69) is 5.32 Å². The van der Waals surface area contributed by atoms with Crippen LogP contribution in [0.2, 0.25) is 0 Å². The quantitative estimate of drug-likeness (QED) is 0.840. The normalized spacial score (nSPS) is 43.0. The third-order valence-electron chi connectivity index (χ3n) is 7.12. The van der Waals surface area contributed by atoms with Crippen LogP contribution in [0.1, 0.15) is 70.6 Å². The largest absolute Gasteiger partial charge is 0.481 e. The Morgan fingerprint density at radius 2 is 1.52 bits per heavy atom. The van der Waals surface area contributed by atoms with Gasteiger partial charge in [0, 0.05) is 11.5 Å². The number of carboxylic acids is 1. The minimum absolute atomic E-state index is 0.0897. The number of hydrogen-bond acceptors (Lipinski definition) is 2. The van der Waals surface area contributed by atoms with Crippen molar-refractivity contribution in [2.24, 2.45) is 16.7 Å². The fourth-order valence-corrected chi connectivity index (χ4v) is 5.12. The Labute approximate surface area is 125 Å². The molecular weight excluding hydrogens is 266 g/mol. The highest BCUT2D eigenvalue weighted by Gasteiger charge is 2.54. The molecule has 5 aliphatic carbocycles. The van der Waals surface area contributed by atoms with E-state index in [1.807, 2.05) is 0 Å². The molecule has 5 saturated carbocycles. The van der Waals surface area contributed by atoms with Gasteiger partial charge in [-0.1, -0.05) is 0 Å². The molecule has 1 amide bonds. The third kappa shape index (κ3) is 2.09. The van der Waals surface area contributed by atoms with Crippen molar-refractivity contribution >= 4 is 11.9 Å². The SMILES string of the molecule is O=C(NC12CCC(C(=O)O)(CC1)CC2)C1CCC2(CC2)C1. The highest BCUT2D eigenvalue weighted by Crippen LogP contribution is 2.60. The van der Waals surface area contributed by atoms with Crippen molar-refractivity contribution in [3.63, 3.8) is 0 Å². The van der Waals surface area contributed by atoms with Gasteiger partial charge in [-0.05, 0) is 76.0 Å². The summed E-state index contributed by atoms with van der Waals surface area (Å²) in [5.41, 5.74) is -0.0389. The molecule has 116 valence electrons. The first-order chi connectivity index (χ1) is 9.97. The number of amides is 1. The average molecular weight is 291 g/mol. The molecule has 1 spiro atoms. The van der Waals surface area contributed by atoms with E-state index in [1.165, 1.54) is 19.3 Å². The molecule has 1 atom stereocenters. The van der Waals surface area contributed by atoms with E-state index >= 15 is 0 Å². The lowest BCUT2D eigenvalue weighted by Gasteiger charge is -2.51. The van der Waals surface area contributed by atoms with E-state index < -0.39 is 11.4 Å². The summed E-state index contributed by atoms with van der Waals surface area (Å²) in [4.78, 5) is 24.1. The van der Waals surface area contributed by atoms with Gasteiger partial charge < -0.3 is 10.4 Å². The van der Waals surface area contributed by atoms with Gasteiger partial charge in [-0.25, -0.2) is 0 Å². The Balaban J connectivity index is 1.39. The Kier molecular flexibility index (Phi) is 2.74. The van der Waals surface area contributed by atoms with Crippen molar-refractivity contribution in [1.82, 2.24) is 5.32 Å². The molecule has 21 heavy (non-hydrogen) atoms. The smallest absolute Gasteiger partial charge is 0.309 e. The zero-order chi connectivity index (χ0) is 14.7. The van der Waals surface area contributed by atoms with Crippen LogP contribution in [0.4, 0.5) is 0 Å². The number of hydrogen-bond donors (Lipinski definition) is 2. The summed E-state index contributed by atoms with van der Waals surface area (Å²) in [5.74, 6) is -0.160. The van der Waals surface area contributed by atoms with Gasteiger partial charge in [0.25, 0.3) is 0 Å². The van der Waals surface area contributed by atoms with E-state index in [9.17, 15) is 14.7 Å². The highest BCUT2D eigenvalue weighted by atomic mass is 16.4. The average Bonchev–Trinajstić information content (AvgIpc) is 3.09. The first kappa shape index (κ1) is 13.6. The van der Waals surface area contributed by atoms with E-state index in [4.69, 9.17) is 0 Å².